The van der Waals surface area contributed by atoms with Crippen LogP contribution >= 0.6 is 0 Å². The number of hydrogen-bond donors (Lipinski definition) is 1. The van der Waals surface area contributed by atoms with Gasteiger partial charge in [-0.15, -0.1) is 0 Å². The van der Waals surface area contributed by atoms with Crippen LogP contribution in [0.3, 0.4) is 0 Å². The molecule has 4 heteroatoms. The largest absolute Gasteiger partial charge is 0.465 e. The zero-order valence-electron chi connectivity index (χ0n) is 9.27. The topological polar surface area (TPSA) is 59.2 Å². The first-order valence-corrected chi connectivity index (χ1v) is 5.09. The Morgan fingerprint density at radius 3 is 2.24 bits per heavy atom. The predicted octanol–water partition coefficient (Wildman–Crippen LogP) is 2.03. The van der Waals surface area contributed by atoms with Crippen molar-refractivity contribution >= 4 is 11.8 Å². The molecule has 0 fully saturated rings. The maximum atomic E-state index is 11.9. The number of hydrogen-bond acceptors (Lipinski definition) is 3. The molecule has 1 aromatic heterocycles. The molecule has 0 spiro atoms. The van der Waals surface area contributed by atoms with E-state index in [-0.39, 0.29) is 5.78 Å². The number of aromatic amines is 1. The average molecular weight is 229 g/mol. The van der Waals surface area contributed by atoms with Gasteiger partial charge in [0.15, 0.2) is 0 Å². The van der Waals surface area contributed by atoms with Gasteiger partial charge >= 0.3 is 5.97 Å². The van der Waals surface area contributed by atoms with Crippen LogP contribution in [0.2, 0.25) is 0 Å². The number of H-pyrrole nitrogens is 1. The van der Waals surface area contributed by atoms with Gasteiger partial charge in [0, 0.05) is 11.8 Å². The number of nitrogens with one attached hydrogen (secondary N) is 1. The van der Waals surface area contributed by atoms with E-state index in [1.807, 2.05) is 0 Å². The van der Waals surface area contributed by atoms with Crippen LogP contribution in [0.25, 0.3) is 0 Å². The van der Waals surface area contributed by atoms with Gasteiger partial charge in [-0.1, -0.05) is 12.1 Å². The lowest BCUT2D eigenvalue weighted by Crippen LogP contribution is -2.04. The van der Waals surface area contributed by atoms with E-state index in [1.165, 1.54) is 7.11 Å². The average Bonchev–Trinajstić information content (AvgIpc) is 2.91. The van der Waals surface area contributed by atoms with Crippen LogP contribution < -0.4 is 0 Å². The summed E-state index contributed by atoms with van der Waals surface area (Å²) in [6, 6.07) is 9.82. The number of ketones is 1. The third-order valence-electron chi connectivity index (χ3n) is 2.41. The predicted molar refractivity (Wildman–Crippen MR) is 62.0 cm³/mol. The third kappa shape index (κ3) is 2.25. The highest BCUT2D eigenvalue weighted by atomic mass is 16.5. The first-order chi connectivity index (χ1) is 8.22. The Bertz CT molecular complexity index is 526. The molecule has 0 saturated carbocycles. The number of carbonyl (C=O) groups is 2. The Balaban J connectivity index is 2.24. The monoisotopic (exact) mass is 229 g/mol. The minimum absolute atomic E-state index is 0.105. The van der Waals surface area contributed by atoms with Gasteiger partial charge in [-0.2, -0.15) is 0 Å². The fourth-order valence-corrected chi connectivity index (χ4v) is 1.50. The molecule has 17 heavy (non-hydrogen) atoms. The van der Waals surface area contributed by atoms with Crippen LogP contribution in [0.1, 0.15) is 26.4 Å². The molecule has 0 saturated heterocycles. The summed E-state index contributed by atoms with van der Waals surface area (Å²) in [4.78, 5) is 26.0. The number of benzene rings is 1. The molecule has 2 aromatic rings. The Hall–Kier alpha value is -2.36. The van der Waals surface area contributed by atoms with E-state index in [2.05, 4.69) is 9.72 Å². The highest BCUT2D eigenvalue weighted by molar-refractivity contribution is 6.08. The van der Waals surface area contributed by atoms with Crippen LogP contribution in [0.5, 0.6) is 0 Å². The summed E-state index contributed by atoms with van der Waals surface area (Å²) >= 11 is 0. The molecule has 0 aliphatic carbocycles. The highest BCUT2D eigenvalue weighted by Crippen LogP contribution is 2.10. The van der Waals surface area contributed by atoms with Crippen molar-refractivity contribution in [3.8, 4) is 0 Å². The van der Waals surface area contributed by atoms with Crippen molar-refractivity contribution in [1.29, 1.82) is 0 Å². The van der Waals surface area contributed by atoms with Crippen molar-refractivity contribution in [2.75, 3.05) is 7.11 Å². The van der Waals surface area contributed by atoms with E-state index >= 15 is 0 Å². The van der Waals surface area contributed by atoms with Crippen LogP contribution in [0, 0.1) is 0 Å². The van der Waals surface area contributed by atoms with E-state index in [0.29, 0.717) is 16.8 Å². The number of carbonyl (C=O) groups excluding carboxylic acids is 2. The van der Waals surface area contributed by atoms with Crippen molar-refractivity contribution in [3.63, 3.8) is 0 Å². The number of esters is 1. The van der Waals surface area contributed by atoms with E-state index < -0.39 is 5.97 Å². The number of ether oxygens (including phenoxy) is 1. The Morgan fingerprint density at radius 2 is 1.71 bits per heavy atom. The fourth-order valence-electron chi connectivity index (χ4n) is 1.50. The molecule has 4 nitrogen and oxygen atoms in total. The lowest BCUT2D eigenvalue weighted by Gasteiger charge is -2.01. The number of rotatable bonds is 3. The molecule has 0 amide bonds. The van der Waals surface area contributed by atoms with Gasteiger partial charge in [0.25, 0.3) is 0 Å². The van der Waals surface area contributed by atoms with Crippen molar-refractivity contribution in [1.82, 2.24) is 4.98 Å². The van der Waals surface area contributed by atoms with Crippen molar-refractivity contribution < 1.29 is 14.3 Å². The summed E-state index contributed by atoms with van der Waals surface area (Å²) in [6.45, 7) is 0. The Morgan fingerprint density at radius 1 is 1.06 bits per heavy atom. The lowest BCUT2D eigenvalue weighted by atomic mass is 10.1. The van der Waals surface area contributed by atoms with Gasteiger partial charge in [0.1, 0.15) is 0 Å². The molecule has 0 atom stereocenters. The smallest absolute Gasteiger partial charge is 0.337 e. The van der Waals surface area contributed by atoms with E-state index in [9.17, 15) is 9.59 Å². The molecule has 1 N–H and O–H groups in total. The van der Waals surface area contributed by atoms with Gasteiger partial charge in [0.2, 0.25) is 5.78 Å². The minimum Gasteiger partial charge on any atom is -0.465 e. The Kier molecular flexibility index (Phi) is 3.05. The molecule has 1 aromatic carbocycles. The summed E-state index contributed by atoms with van der Waals surface area (Å²) in [5, 5.41) is 0. The molecule has 86 valence electrons. The second-order valence-electron chi connectivity index (χ2n) is 3.48. The first kappa shape index (κ1) is 11.1. The zero-order chi connectivity index (χ0) is 12.3. The summed E-state index contributed by atoms with van der Waals surface area (Å²) in [6.07, 6.45) is 1.69. The molecule has 1 heterocycles. The summed E-state index contributed by atoms with van der Waals surface area (Å²) < 4.78 is 4.58. The fraction of sp³-hybridized carbons (Fsp3) is 0.0769. The molecule has 0 bridgehead atoms. The van der Waals surface area contributed by atoms with Crippen molar-refractivity contribution in [2.24, 2.45) is 0 Å². The second kappa shape index (κ2) is 4.65. The molecular weight excluding hydrogens is 218 g/mol. The molecule has 0 aliphatic heterocycles. The first-order valence-electron chi connectivity index (χ1n) is 5.09. The van der Waals surface area contributed by atoms with E-state index in [0.717, 1.165) is 0 Å². The van der Waals surface area contributed by atoms with Gasteiger partial charge in [0.05, 0.1) is 18.4 Å². The van der Waals surface area contributed by atoms with Gasteiger partial charge in [-0.3, -0.25) is 4.79 Å². The van der Waals surface area contributed by atoms with Crippen molar-refractivity contribution in [3.05, 3.63) is 59.4 Å². The maximum absolute atomic E-state index is 11.9. The Labute approximate surface area is 98.2 Å². The summed E-state index contributed by atoms with van der Waals surface area (Å²) in [5.41, 5.74) is 1.48. The van der Waals surface area contributed by atoms with E-state index in [4.69, 9.17) is 0 Å². The molecular formula is C13H11NO3. The maximum Gasteiger partial charge on any atom is 0.337 e. The van der Waals surface area contributed by atoms with Crippen molar-refractivity contribution in [2.45, 2.75) is 0 Å². The quantitative estimate of drug-likeness (QED) is 0.647. The van der Waals surface area contributed by atoms with Gasteiger partial charge in [-0.05, 0) is 24.3 Å². The SMILES string of the molecule is COC(=O)c1ccc(C(=O)c2ccc[nH]2)cc1. The molecule has 0 radical (unpaired) electrons. The third-order valence-corrected chi connectivity index (χ3v) is 2.41. The lowest BCUT2D eigenvalue weighted by molar-refractivity contribution is 0.0600. The minimum atomic E-state index is -0.413. The summed E-state index contributed by atoms with van der Waals surface area (Å²) in [5.74, 6) is -0.518. The highest BCUT2D eigenvalue weighted by Gasteiger charge is 2.11. The van der Waals surface area contributed by atoms with Crippen LogP contribution in [-0.4, -0.2) is 23.8 Å². The molecule has 2 rings (SSSR count). The summed E-state index contributed by atoms with van der Waals surface area (Å²) in [7, 11) is 1.32. The number of methoxy groups -OCH3 is 1. The normalized spacial score (nSPS) is 9.94. The van der Waals surface area contributed by atoms with Gasteiger partial charge < -0.3 is 9.72 Å². The zero-order valence-corrected chi connectivity index (χ0v) is 9.27. The molecule has 0 aliphatic rings. The van der Waals surface area contributed by atoms with Crippen LogP contribution in [0.15, 0.2) is 42.6 Å². The van der Waals surface area contributed by atoms with Crippen LogP contribution in [0.4, 0.5) is 0 Å². The molecule has 0 unspecified atom stereocenters. The standard InChI is InChI=1S/C13H11NO3/c1-17-13(16)10-6-4-9(5-7-10)12(15)11-3-2-8-14-11/h2-8,14H,1H3. The van der Waals surface area contributed by atoms with Crippen LogP contribution in [-0.2, 0) is 4.74 Å². The van der Waals surface area contributed by atoms with Gasteiger partial charge in [-0.25, -0.2) is 4.79 Å². The number of aromatic nitrogens is 1. The van der Waals surface area contributed by atoms with E-state index in [1.54, 1.807) is 42.6 Å². The second-order valence-corrected chi connectivity index (χ2v) is 3.48.